The van der Waals surface area contributed by atoms with Crippen molar-refractivity contribution in [1.29, 1.82) is 0 Å². The minimum atomic E-state index is 0.609. The van der Waals surface area contributed by atoms with Crippen molar-refractivity contribution >= 4 is 16.5 Å². The molecule has 1 aliphatic heterocycles. The molecule has 0 atom stereocenters. The molecule has 0 saturated carbocycles. The van der Waals surface area contributed by atoms with E-state index in [2.05, 4.69) is 17.1 Å². The van der Waals surface area contributed by atoms with Crippen molar-refractivity contribution in [3.63, 3.8) is 0 Å². The lowest BCUT2D eigenvalue weighted by Crippen LogP contribution is -2.29. The van der Waals surface area contributed by atoms with Crippen molar-refractivity contribution in [2.75, 3.05) is 39.7 Å². The second kappa shape index (κ2) is 7.93. The van der Waals surface area contributed by atoms with Crippen molar-refractivity contribution in [3.8, 4) is 17.2 Å². The van der Waals surface area contributed by atoms with Crippen LogP contribution in [0.4, 0.5) is 5.13 Å². The number of methoxy groups -OCH3 is 3. The maximum absolute atomic E-state index is 5.41. The van der Waals surface area contributed by atoms with E-state index < -0.39 is 0 Å². The maximum atomic E-state index is 5.41. The van der Waals surface area contributed by atoms with E-state index in [0.717, 1.165) is 36.8 Å². The molecule has 0 radical (unpaired) electrons. The van der Waals surface area contributed by atoms with Crippen LogP contribution in [0, 0.1) is 0 Å². The number of likely N-dealkylation sites (N-methyl/N-ethyl adjacent to an activating group) is 1. The van der Waals surface area contributed by atoms with E-state index in [0.29, 0.717) is 23.8 Å². The lowest BCUT2D eigenvalue weighted by molar-refractivity contribution is 0.270. The summed E-state index contributed by atoms with van der Waals surface area (Å²) in [5.41, 5.74) is 2.29. The first-order valence-electron chi connectivity index (χ1n) is 8.42. The number of rotatable bonds is 7. The summed E-state index contributed by atoms with van der Waals surface area (Å²) >= 11 is 1.75. The maximum Gasteiger partial charge on any atom is 0.203 e. The zero-order chi connectivity index (χ0) is 17.8. The molecule has 1 aliphatic rings. The summed E-state index contributed by atoms with van der Waals surface area (Å²) in [5, 5.41) is 4.40. The summed E-state index contributed by atoms with van der Waals surface area (Å²) in [4.78, 5) is 8.57. The van der Waals surface area contributed by atoms with Crippen LogP contribution in [0.2, 0.25) is 0 Å². The van der Waals surface area contributed by atoms with E-state index in [-0.39, 0.29) is 0 Å². The van der Waals surface area contributed by atoms with Crippen LogP contribution in [-0.2, 0) is 19.5 Å². The molecule has 2 aromatic rings. The monoisotopic (exact) mass is 363 g/mol. The number of hydrogen-bond acceptors (Lipinski definition) is 7. The van der Waals surface area contributed by atoms with Crippen molar-refractivity contribution in [2.24, 2.45) is 0 Å². The molecule has 0 aliphatic carbocycles. The summed E-state index contributed by atoms with van der Waals surface area (Å²) in [6.07, 6.45) is 1.03. The molecular formula is C18H25N3O3S. The molecule has 0 bridgehead atoms. The van der Waals surface area contributed by atoms with Crippen molar-refractivity contribution < 1.29 is 14.2 Å². The van der Waals surface area contributed by atoms with E-state index in [1.54, 1.807) is 32.7 Å². The first-order valence-corrected chi connectivity index (χ1v) is 9.23. The number of nitrogens with one attached hydrogen (secondary N) is 1. The van der Waals surface area contributed by atoms with Gasteiger partial charge in [0.2, 0.25) is 5.75 Å². The summed E-state index contributed by atoms with van der Waals surface area (Å²) in [7, 11) is 4.86. The molecule has 1 aromatic carbocycles. The molecule has 7 heteroatoms. The Hall–Kier alpha value is -1.99. The van der Waals surface area contributed by atoms with Gasteiger partial charge in [-0.25, -0.2) is 4.98 Å². The second-order valence-electron chi connectivity index (χ2n) is 5.89. The predicted molar refractivity (Wildman–Crippen MR) is 100 cm³/mol. The first kappa shape index (κ1) is 17.8. The van der Waals surface area contributed by atoms with Crippen LogP contribution in [0.25, 0.3) is 0 Å². The number of fused-ring (bicyclic) bond motifs is 1. The van der Waals surface area contributed by atoms with Crippen molar-refractivity contribution in [2.45, 2.75) is 26.4 Å². The summed E-state index contributed by atoms with van der Waals surface area (Å²) in [6.45, 7) is 6.05. The molecule has 0 unspecified atom stereocenters. The topological polar surface area (TPSA) is 55.9 Å². The van der Waals surface area contributed by atoms with Crippen LogP contribution in [0.3, 0.4) is 0 Å². The fourth-order valence-electron chi connectivity index (χ4n) is 3.01. The van der Waals surface area contributed by atoms with Gasteiger partial charge in [-0.05, 0) is 24.2 Å². The number of anilines is 1. The van der Waals surface area contributed by atoms with E-state index in [1.807, 2.05) is 12.1 Å². The van der Waals surface area contributed by atoms with Gasteiger partial charge in [-0.15, -0.1) is 11.3 Å². The van der Waals surface area contributed by atoms with E-state index in [9.17, 15) is 0 Å². The Bertz CT molecular complexity index is 707. The van der Waals surface area contributed by atoms with Gasteiger partial charge in [-0.3, -0.25) is 4.90 Å². The Morgan fingerprint density at radius 1 is 1.16 bits per heavy atom. The third-order valence-electron chi connectivity index (χ3n) is 4.43. The van der Waals surface area contributed by atoms with Gasteiger partial charge in [0.25, 0.3) is 0 Å². The van der Waals surface area contributed by atoms with E-state index in [4.69, 9.17) is 19.2 Å². The molecule has 2 heterocycles. The highest BCUT2D eigenvalue weighted by atomic mass is 32.1. The lowest BCUT2D eigenvalue weighted by Gasteiger charge is -2.23. The van der Waals surface area contributed by atoms with Gasteiger partial charge in [0.15, 0.2) is 16.6 Å². The molecule has 0 spiro atoms. The van der Waals surface area contributed by atoms with E-state index >= 15 is 0 Å². The van der Waals surface area contributed by atoms with Crippen LogP contribution in [0.1, 0.15) is 23.1 Å². The zero-order valence-electron chi connectivity index (χ0n) is 15.2. The average Bonchev–Trinajstić information content (AvgIpc) is 3.07. The van der Waals surface area contributed by atoms with Crippen LogP contribution in [0.15, 0.2) is 12.1 Å². The number of thiazole rings is 1. The molecule has 0 fully saturated rings. The molecule has 0 amide bonds. The van der Waals surface area contributed by atoms with Crippen molar-refractivity contribution in [3.05, 3.63) is 28.3 Å². The first-order chi connectivity index (χ1) is 12.2. The smallest absolute Gasteiger partial charge is 0.203 e. The van der Waals surface area contributed by atoms with Gasteiger partial charge in [0.1, 0.15) is 0 Å². The quantitative estimate of drug-likeness (QED) is 0.815. The Labute approximate surface area is 152 Å². The largest absolute Gasteiger partial charge is 0.493 e. The Kier molecular flexibility index (Phi) is 5.65. The summed E-state index contributed by atoms with van der Waals surface area (Å²) in [5.74, 6) is 1.93. The third kappa shape index (κ3) is 3.82. The molecule has 1 N–H and O–H groups in total. The second-order valence-corrected chi connectivity index (χ2v) is 6.98. The van der Waals surface area contributed by atoms with Gasteiger partial charge in [0.05, 0.1) is 27.0 Å². The highest BCUT2D eigenvalue weighted by molar-refractivity contribution is 7.15. The summed E-state index contributed by atoms with van der Waals surface area (Å²) in [6, 6.07) is 3.92. The molecule has 6 nitrogen and oxygen atoms in total. The molecule has 136 valence electrons. The van der Waals surface area contributed by atoms with Crippen LogP contribution < -0.4 is 19.5 Å². The molecule has 25 heavy (non-hydrogen) atoms. The highest BCUT2D eigenvalue weighted by Gasteiger charge is 2.19. The Morgan fingerprint density at radius 3 is 2.48 bits per heavy atom. The van der Waals surface area contributed by atoms with Gasteiger partial charge in [-0.1, -0.05) is 6.92 Å². The minimum Gasteiger partial charge on any atom is -0.493 e. The third-order valence-corrected chi connectivity index (χ3v) is 5.47. The SMILES string of the molecule is CCN1CCc2nc(NCc3cc(OC)c(OC)c(OC)c3)sc2C1. The minimum absolute atomic E-state index is 0.609. The lowest BCUT2D eigenvalue weighted by atomic mass is 10.2. The fraction of sp³-hybridized carbons (Fsp3) is 0.500. The van der Waals surface area contributed by atoms with Crippen molar-refractivity contribution in [1.82, 2.24) is 9.88 Å². The van der Waals surface area contributed by atoms with Crippen LogP contribution in [0.5, 0.6) is 17.2 Å². The number of hydrogen-bond donors (Lipinski definition) is 1. The molecule has 1 aromatic heterocycles. The number of aromatic nitrogens is 1. The average molecular weight is 363 g/mol. The Balaban J connectivity index is 1.73. The van der Waals surface area contributed by atoms with Crippen LogP contribution in [-0.4, -0.2) is 44.3 Å². The normalized spacial score (nSPS) is 14.1. The van der Waals surface area contributed by atoms with E-state index in [1.165, 1.54) is 10.6 Å². The van der Waals surface area contributed by atoms with Gasteiger partial charge in [-0.2, -0.15) is 0 Å². The number of nitrogens with zero attached hydrogens (tertiary/aromatic N) is 2. The fourth-order valence-corrected chi connectivity index (χ4v) is 4.06. The Morgan fingerprint density at radius 2 is 1.88 bits per heavy atom. The molecule has 3 rings (SSSR count). The standard InChI is InChI=1S/C18H25N3O3S/c1-5-21-7-6-13-16(11-21)25-18(20-13)19-10-12-8-14(22-2)17(24-4)15(9-12)23-3/h8-9H,5-7,10-11H2,1-4H3,(H,19,20). The number of ether oxygens (including phenoxy) is 3. The van der Waals surface area contributed by atoms with Gasteiger partial charge >= 0.3 is 0 Å². The molecular weight excluding hydrogens is 338 g/mol. The van der Waals surface area contributed by atoms with Gasteiger partial charge in [0, 0.05) is 30.9 Å². The predicted octanol–water partition coefficient (Wildman–Crippen LogP) is 3.16. The zero-order valence-corrected chi connectivity index (χ0v) is 16.0. The molecule has 0 saturated heterocycles. The number of benzene rings is 1. The highest BCUT2D eigenvalue weighted by Crippen LogP contribution is 2.38. The summed E-state index contributed by atoms with van der Waals surface area (Å²) < 4.78 is 16.2. The van der Waals surface area contributed by atoms with Gasteiger partial charge < -0.3 is 19.5 Å². The van der Waals surface area contributed by atoms with Crippen LogP contribution >= 0.6 is 11.3 Å².